The number of ether oxygens (including phenoxy) is 1. The van der Waals surface area contributed by atoms with Crippen LogP contribution < -0.4 is 5.32 Å². The summed E-state index contributed by atoms with van der Waals surface area (Å²) < 4.78 is 5.52. The van der Waals surface area contributed by atoms with Gasteiger partial charge in [0.25, 0.3) is 0 Å². The van der Waals surface area contributed by atoms with E-state index in [1.807, 2.05) is 25.7 Å². The predicted molar refractivity (Wildman–Crippen MR) is 113 cm³/mol. The zero-order chi connectivity index (χ0) is 21.1. The van der Waals surface area contributed by atoms with Crippen LogP contribution in [-0.4, -0.2) is 35.6 Å². The maximum absolute atomic E-state index is 12.4. The van der Waals surface area contributed by atoms with E-state index < -0.39 is 5.60 Å². The van der Waals surface area contributed by atoms with Crippen LogP contribution in [0.4, 0.5) is 4.79 Å². The van der Waals surface area contributed by atoms with Gasteiger partial charge in [-0.1, -0.05) is 19.1 Å². The molecule has 1 atom stereocenters. The highest BCUT2D eigenvalue weighted by Gasteiger charge is 2.29. The fourth-order valence-electron chi connectivity index (χ4n) is 3.86. The molecule has 5 nitrogen and oxygen atoms in total. The Balaban J connectivity index is 2.20. The van der Waals surface area contributed by atoms with Gasteiger partial charge < -0.3 is 15.0 Å². The molecule has 1 heterocycles. The van der Waals surface area contributed by atoms with Crippen LogP contribution in [0.5, 0.6) is 0 Å². The van der Waals surface area contributed by atoms with Gasteiger partial charge in [0.05, 0.1) is 6.04 Å². The van der Waals surface area contributed by atoms with Gasteiger partial charge in [-0.25, -0.2) is 4.79 Å². The third kappa shape index (κ3) is 5.73. The van der Waals surface area contributed by atoms with Crippen molar-refractivity contribution in [2.75, 3.05) is 13.1 Å². The second kappa shape index (κ2) is 8.97. The van der Waals surface area contributed by atoms with E-state index in [1.165, 1.54) is 22.3 Å². The number of nitrogens with one attached hydrogen (secondary N) is 1. The molecule has 156 valence electrons. The number of carbonyl (C=O) groups excluding carboxylic acids is 2. The fraction of sp³-hybridized carbons (Fsp3) is 0.652. The van der Waals surface area contributed by atoms with Crippen molar-refractivity contribution in [2.24, 2.45) is 0 Å². The molecule has 2 amide bonds. The lowest BCUT2D eigenvalue weighted by Crippen LogP contribution is -2.41. The Hall–Kier alpha value is -2.04. The SMILES string of the molecule is CCC(NC(C)=O)c1cc(C)c(C)cc1C1CCN(C(=O)OC(C)(C)C)CC1. The second-order valence-electron chi connectivity index (χ2n) is 8.97. The van der Waals surface area contributed by atoms with Gasteiger partial charge >= 0.3 is 6.09 Å². The first-order chi connectivity index (χ1) is 13.0. The molecule has 5 heteroatoms. The number of rotatable bonds is 4. The molecule has 0 aliphatic carbocycles. The predicted octanol–water partition coefficient (Wildman–Crippen LogP) is 5.01. The smallest absolute Gasteiger partial charge is 0.410 e. The number of carbonyl (C=O) groups is 2. The number of likely N-dealkylation sites (tertiary alicyclic amines) is 1. The normalized spacial score (nSPS) is 16.6. The summed E-state index contributed by atoms with van der Waals surface area (Å²) >= 11 is 0. The van der Waals surface area contributed by atoms with Crippen LogP contribution in [-0.2, 0) is 9.53 Å². The molecule has 0 radical (unpaired) electrons. The largest absolute Gasteiger partial charge is 0.444 e. The number of aryl methyl sites for hydroxylation is 2. The molecule has 1 aromatic rings. The van der Waals surface area contributed by atoms with Crippen molar-refractivity contribution < 1.29 is 14.3 Å². The topological polar surface area (TPSA) is 58.6 Å². The summed E-state index contributed by atoms with van der Waals surface area (Å²) in [6.45, 7) is 15.0. The molecule has 1 unspecified atom stereocenters. The van der Waals surface area contributed by atoms with E-state index in [0.29, 0.717) is 19.0 Å². The minimum absolute atomic E-state index is 0.00391. The maximum atomic E-state index is 12.4. The molecular weight excluding hydrogens is 352 g/mol. The van der Waals surface area contributed by atoms with E-state index in [1.54, 1.807) is 6.92 Å². The van der Waals surface area contributed by atoms with Crippen molar-refractivity contribution in [3.8, 4) is 0 Å². The summed E-state index contributed by atoms with van der Waals surface area (Å²) in [6, 6.07) is 4.54. The molecule has 28 heavy (non-hydrogen) atoms. The molecule has 2 rings (SSSR count). The van der Waals surface area contributed by atoms with Gasteiger partial charge in [0.15, 0.2) is 0 Å². The lowest BCUT2D eigenvalue weighted by Gasteiger charge is -2.35. The van der Waals surface area contributed by atoms with Crippen LogP contribution >= 0.6 is 0 Å². The summed E-state index contributed by atoms with van der Waals surface area (Å²) in [5.41, 5.74) is 4.57. The van der Waals surface area contributed by atoms with Gasteiger partial charge in [-0.2, -0.15) is 0 Å². The van der Waals surface area contributed by atoms with E-state index in [2.05, 4.69) is 38.2 Å². The quantitative estimate of drug-likeness (QED) is 0.789. The number of benzene rings is 1. The van der Waals surface area contributed by atoms with Crippen LogP contribution in [0.25, 0.3) is 0 Å². The Bertz CT molecular complexity index is 713. The molecule has 1 aliphatic heterocycles. The van der Waals surface area contributed by atoms with E-state index in [9.17, 15) is 9.59 Å². The lowest BCUT2D eigenvalue weighted by atomic mass is 9.82. The van der Waals surface area contributed by atoms with Crippen LogP contribution in [0.1, 0.15) is 88.1 Å². The first-order valence-corrected chi connectivity index (χ1v) is 10.4. The fourth-order valence-corrected chi connectivity index (χ4v) is 3.86. The minimum Gasteiger partial charge on any atom is -0.444 e. The molecular formula is C23H36N2O3. The summed E-state index contributed by atoms with van der Waals surface area (Å²) in [6.07, 6.45) is 2.44. The molecule has 0 aromatic heterocycles. The van der Waals surface area contributed by atoms with Crippen LogP contribution in [0.2, 0.25) is 0 Å². The highest BCUT2D eigenvalue weighted by molar-refractivity contribution is 5.73. The van der Waals surface area contributed by atoms with Gasteiger partial charge in [0.2, 0.25) is 5.91 Å². The number of amides is 2. The molecule has 1 N–H and O–H groups in total. The zero-order valence-electron chi connectivity index (χ0n) is 18.5. The van der Waals surface area contributed by atoms with Crippen LogP contribution in [0.15, 0.2) is 12.1 Å². The van der Waals surface area contributed by atoms with Crippen molar-refractivity contribution in [2.45, 2.75) is 85.3 Å². The Morgan fingerprint density at radius 3 is 2.25 bits per heavy atom. The second-order valence-corrected chi connectivity index (χ2v) is 8.97. The Morgan fingerprint density at radius 1 is 1.18 bits per heavy atom. The van der Waals surface area contributed by atoms with E-state index in [0.717, 1.165) is 19.3 Å². The highest BCUT2D eigenvalue weighted by atomic mass is 16.6. The van der Waals surface area contributed by atoms with Gasteiger partial charge in [0, 0.05) is 20.0 Å². The molecule has 1 saturated heterocycles. The highest BCUT2D eigenvalue weighted by Crippen LogP contribution is 2.36. The zero-order valence-corrected chi connectivity index (χ0v) is 18.5. The number of hydrogen-bond donors (Lipinski definition) is 1. The van der Waals surface area contributed by atoms with Gasteiger partial charge in [-0.15, -0.1) is 0 Å². The van der Waals surface area contributed by atoms with Crippen molar-refractivity contribution in [1.29, 1.82) is 0 Å². The van der Waals surface area contributed by atoms with Crippen molar-refractivity contribution >= 4 is 12.0 Å². The molecule has 0 spiro atoms. The minimum atomic E-state index is -0.470. The number of nitrogens with zero attached hydrogens (tertiary/aromatic N) is 1. The molecule has 0 saturated carbocycles. The Kier molecular flexibility index (Phi) is 7.13. The summed E-state index contributed by atoms with van der Waals surface area (Å²) in [5, 5.41) is 3.10. The van der Waals surface area contributed by atoms with Gasteiger partial charge in [-0.3, -0.25) is 4.79 Å². The first kappa shape index (κ1) is 22.3. The summed E-state index contributed by atoms with van der Waals surface area (Å²) in [5.74, 6) is 0.381. The van der Waals surface area contributed by atoms with Gasteiger partial charge in [-0.05, 0) is 82.1 Å². The van der Waals surface area contributed by atoms with Crippen molar-refractivity contribution in [1.82, 2.24) is 10.2 Å². The van der Waals surface area contributed by atoms with Crippen LogP contribution in [0, 0.1) is 13.8 Å². The maximum Gasteiger partial charge on any atom is 0.410 e. The average molecular weight is 389 g/mol. The van der Waals surface area contributed by atoms with Crippen molar-refractivity contribution in [3.05, 3.63) is 34.4 Å². The average Bonchev–Trinajstić information content (AvgIpc) is 2.60. The third-order valence-electron chi connectivity index (χ3n) is 5.45. The Labute approximate surface area is 169 Å². The first-order valence-electron chi connectivity index (χ1n) is 10.4. The molecule has 1 aromatic carbocycles. The molecule has 0 bridgehead atoms. The number of piperidine rings is 1. The number of hydrogen-bond acceptors (Lipinski definition) is 3. The lowest BCUT2D eigenvalue weighted by molar-refractivity contribution is -0.119. The van der Waals surface area contributed by atoms with Crippen LogP contribution in [0.3, 0.4) is 0 Å². The standard InChI is InChI=1S/C23H36N2O3/c1-8-21(24-17(4)26)20-14-16(3)15(2)13-19(20)18-9-11-25(12-10-18)22(27)28-23(5,6)7/h13-14,18,21H,8-12H2,1-7H3,(H,24,26). The van der Waals surface area contributed by atoms with E-state index in [-0.39, 0.29) is 18.0 Å². The van der Waals surface area contributed by atoms with E-state index >= 15 is 0 Å². The summed E-state index contributed by atoms with van der Waals surface area (Å²) in [7, 11) is 0. The monoisotopic (exact) mass is 388 g/mol. The molecule has 1 fully saturated rings. The van der Waals surface area contributed by atoms with E-state index in [4.69, 9.17) is 4.74 Å². The molecule has 1 aliphatic rings. The summed E-state index contributed by atoms with van der Waals surface area (Å²) in [4.78, 5) is 25.9. The van der Waals surface area contributed by atoms with Crippen molar-refractivity contribution in [3.63, 3.8) is 0 Å². The Morgan fingerprint density at radius 2 is 1.75 bits per heavy atom. The van der Waals surface area contributed by atoms with Gasteiger partial charge in [0.1, 0.15) is 5.60 Å². The third-order valence-corrected chi connectivity index (χ3v) is 5.45.